The van der Waals surface area contributed by atoms with E-state index in [4.69, 9.17) is 10.8 Å². The van der Waals surface area contributed by atoms with E-state index in [9.17, 15) is 9.59 Å². The summed E-state index contributed by atoms with van der Waals surface area (Å²) in [4.78, 5) is 24.6. The van der Waals surface area contributed by atoms with Crippen LogP contribution in [-0.2, 0) is 16.1 Å². The zero-order valence-corrected chi connectivity index (χ0v) is 12.5. The van der Waals surface area contributed by atoms with Crippen LogP contribution in [0, 0.1) is 5.92 Å². The van der Waals surface area contributed by atoms with Crippen LogP contribution in [-0.4, -0.2) is 35.0 Å². The van der Waals surface area contributed by atoms with Gasteiger partial charge in [-0.05, 0) is 29.0 Å². The number of amides is 1. The van der Waals surface area contributed by atoms with Gasteiger partial charge in [0.25, 0.3) is 0 Å². The molecule has 1 rings (SSSR count). The molecular weight excluding hydrogens is 276 g/mol. The molecule has 0 aliphatic rings. The second-order valence-electron chi connectivity index (χ2n) is 5.05. The lowest BCUT2D eigenvalue weighted by molar-refractivity contribution is -0.131. The molecule has 0 saturated carbocycles. The number of carboxylic acid groups (broad SMARTS) is 1. The van der Waals surface area contributed by atoms with Gasteiger partial charge >= 0.3 is 5.97 Å². The molecule has 0 radical (unpaired) electrons. The van der Waals surface area contributed by atoms with Gasteiger partial charge in [0.1, 0.15) is 0 Å². The number of carbonyl (C=O) groups excluding carboxylic acids is 1. The summed E-state index contributed by atoms with van der Waals surface area (Å²) in [5.74, 6) is -0.859. The summed E-state index contributed by atoms with van der Waals surface area (Å²) in [7, 11) is 0. The van der Waals surface area contributed by atoms with Crippen LogP contribution in [0.15, 0.2) is 17.5 Å². The van der Waals surface area contributed by atoms with Gasteiger partial charge < -0.3 is 10.8 Å². The number of primary amides is 1. The van der Waals surface area contributed by atoms with Gasteiger partial charge in [-0.15, -0.1) is 11.3 Å². The Balaban J connectivity index is 2.68. The number of thiophene rings is 1. The Morgan fingerprint density at radius 2 is 2.20 bits per heavy atom. The molecule has 0 aromatic carbocycles. The van der Waals surface area contributed by atoms with Gasteiger partial charge in [0.15, 0.2) is 0 Å². The molecule has 5 nitrogen and oxygen atoms in total. The minimum Gasteiger partial charge on any atom is -0.478 e. The molecule has 0 bridgehead atoms. The highest BCUT2D eigenvalue weighted by atomic mass is 32.1. The van der Waals surface area contributed by atoms with Crippen LogP contribution < -0.4 is 5.73 Å². The third kappa shape index (κ3) is 6.49. The molecule has 3 N–H and O–H groups in total. The number of nitrogens with two attached hydrogens (primary N) is 1. The van der Waals surface area contributed by atoms with Crippen molar-refractivity contribution in [2.45, 2.75) is 20.4 Å². The van der Waals surface area contributed by atoms with E-state index in [1.807, 2.05) is 16.3 Å². The number of carbonyl (C=O) groups is 2. The van der Waals surface area contributed by atoms with Gasteiger partial charge in [0, 0.05) is 24.0 Å². The van der Waals surface area contributed by atoms with Crippen molar-refractivity contribution in [1.82, 2.24) is 4.90 Å². The lowest BCUT2D eigenvalue weighted by atomic mass is 10.2. The first kappa shape index (κ1) is 16.4. The van der Waals surface area contributed by atoms with Gasteiger partial charge in [0.2, 0.25) is 5.91 Å². The summed E-state index contributed by atoms with van der Waals surface area (Å²) in [6, 6.07) is 1.93. The highest BCUT2D eigenvalue weighted by molar-refractivity contribution is 7.10. The Morgan fingerprint density at radius 1 is 1.50 bits per heavy atom. The Hall–Kier alpha value is -1.66. The topological polar surface area (TPSA) is 83.6 Å². The number of aliphatic carboxylic acids is 1. The van der Waals surface area contributed by atoms with E-state index in [1.165, 1.54) is 0 Å². The van der Waals surface area contributed by atoms with Crippen LogP contribution >= 0.6 is 11.3 Å². The van der Waals surface area contributed by atoms with Crippen LogP contribution in [0.2, 0.25) is 0 Å². The minimum atomic E-state index is -0.965. The van der Waals surface area contributed by atoms with E-state index < -0.39 is 5.97 Å². The number of nitrogens with zero attached hydrogens (tertiary/aromatic N) is 1. The molecule has 1 heterocycles. The zero-order chi connectivity index (χ0) is 15.1. The molecule has 0 atom stereocenters. The Morgan fingerprint density at radius 3 is 2.75 bits per heavy atom. The fourth-order valence-corrected chi connectivity index (χ4v) is 2.77. The average Bonchev–Trinajstić information content (AvgIpc) is 2.72. The summed E-state index contributed by atoms with van der Waals surface area (Å²) >= 11 is 1.55. The van der Waals surface area contributed by atoms with E-state index in [0.717, 1.165) is 23.1 Å². The van der Waals surface area contributed by atoms with Crippen molar-refractivity contribution in [3.8, 4) is 0 Å². The van der Waals surface area contributed by atoms with E-state index >= 15 is 0 Å². The molecular formula is C14H20N2O3S. The maximum Gasteiger partial charge on any atom is 0.328 e. The van der Waals surface area contributed by atoms with Crippen molar-refractivity contribution in [2.75, 3.05) is 13.1 Å². The number of hydrogen-bond donors (Lipinski definition) is 2. The fraction of sp³-hybridized carbons (Fsp3) is 0.429. The third-order valence-electron chi connectivity index (χ3n) is 2.47. The molecule has 0 unspecified atom stereocenters. The molecule has 0 spiro atoms. The van der Waals surface area contributed by atoms with Crippen molar-refractivity contribution in [3.63, 3.8) is 0 Å². The molecule has 0 aliphatic carbocycles. The third-order valence-corrected chi connectivity index (χ3v) is 3.41. The van der Waals surface area contributed by atoms with E-state index in [2.05, 4.69) is 13.8 Å². The first-order chi connectivity index (χ1) is 9.36. The largest absolute Gasteiger partial charge is 0.478 e. The maximum atomic E-state index is 11.1. The average molecular weight is 296 g/mol. The maximum absolute atomic E-state index is 11.1. The van der Waals surface area contributed by atoms with Gasteiger partial charge in [-0.2, -0.15) is 0 Å². The van der Waals surface area contributed by atoms with Crippen molar-refractivity contribution in [2.24, 2.45) is 11.7 Å². The molecule has 0 fully saturated rings. The Labute approximate surface area is 122 Å². The van der Waals surface area contributed by atoms with Crippen LogP contribution in [0.3, 0.4) is 0 Å². The predicted octanol–water partition coefficient (Wildman–Crippen LogP) is 1.79. The zero-order valence-electron chi connectivity index (χ0n) is 11.7. The number of hydrogen-bond acceptors (Lipinski definition) is 4. The molecule has 1 aromatic rings. The molecule has 110 valence electrons. The first-order valence-electron chi connectivity index (χ1n) is 6.36. The van der Waals surface area contributed by atoms with Crippen molar-refractivity contribution in [3.05, 3.63) is 28.0 Å². The Bertz CT molecular complexity index is 494. The number of carboxylic acids is 1. The summed E-state index contributed by atoms with van der Waals surface area (Å²) in [5.41, 5.74) is 6.11. The van der Waals surface area contributed by atoms with Gasteiger partial charge in [0.05, 0.1) is 6.54 Å². The molecule has 6 heteroatoms. The predicted molar refractivity (Wildman–Crippen MR) is 80.3 cm³/mol. The lowest BCUT2D eigenvalue weighted by Gasteiger charge is -2.21. The molecule has 20 heavy (non-hydrogen) atoms. The van der Waals surface area contributed by atoms with Crippen LogP contribution in [0.25, 0.3) is 6.08 Å². The summed E-state index contributed by atoms with van der Waals surface area (Å²) in [5, 5.41) is 10.5. The highest BCUT2D eigenvalue weighted by Gasteiger charge is 2.12. The summed E-state index contributed by atoms with van der Waals surface area (Å²) in [6.45, 7) is 5.84. The molecule has 1 aromatic heterocycles. The van der Waals surface area contributed by atoms with E-state index in [0.29, 0.717) is 12.5 Å². The van der Waals surface area contributed by atoms with E-state index in [-0.39, 0.29) is 12.5 Å². The molecule has 0 saturated heterocycles. The van der Waals surface area contributed by atoms with Gasteiger partial charge in [-0.3, -0.25) is 9.69 Å². The SMILES string of the molecule is CC(C)CN(CC(N)=O)Cc1cc(C=CC(=O)O)cs1. The van der Waals surface area contributed by atoms with Crippen LogP contribution in [0.1, 0.15) is 24.3 Å². The smallest absolute Gasteiger partial charge is 0.328 e. The summed E-state index contributed by atoms with van der Waals surface area (Å²) < 4.78 is 0. The van der Waals surface area contributed by atoms with Gasteiger partial charge in [-0.1, -0.05) is 13.8 Å². The van der Waals surface area contributed by atoms with Crippen molar-refractivity contribution in [1.29, 1.82) is 0 Å². The second-order valence-corrected chi connectivity index (χ2v) is 6.04. The molecule has 0 aliphatic heterocycles. The monoisotopic (exact) mass is 296 g/mol. The standard InChI is InChI=1S/C14H20N2O3S/c1-10(2)6-16(8-13(15)17)7-12-5-11(9-20-12)3-4-14(18)19/h3-5,9-10H,6-8H2,1-2H3,(H2,15,17)(H,18,19). The lowest BCUT2D eigenvalue weighted by Crippen LogP contribution is -2.35. The summed E-state index contributed by atoms with van der Waals surface area (Å²) in [6.07, 6.45) is 2.67. The number of rotatable bonds is 8. The van der Waals surface area contributed by atoms with Crippen molar-refractivity contribution < 1.29 is 14.7 Å². The Kier molecular flexibility index (Phi) is 6.41. The van der Waals surface area contributed by atoms with Crippen LogP contribution in [0.4, 0.5) is 0 Å². The highest BCUT2D eigenvalue weighted by Crippen LogP contribution is 2.18. The first-order valence-corrected chi connectivity index (χ1v) is 7.24. The minimum absolute atomic E-state index is 0.233. The van der Waals surface area contributed by atoms with Crippen molar-refractivity contribution >= 4 is 29.3 Å². The van der Waals surface area contributed by atoms with Gasteiger partial charge in [-0.25, -0.2) is 4.79 Å². The van der Waals surface area contributed by atoms with E-state index in [1.54, 1.807) is 17.4 Å². The fourth-order valence-electron chi connectivity index (χ4n) is 1.88. The quantitative estimate of drug-likeness (QED) is 0.716. The molecule has 1 amide bonds. The normalized spacial score (nSPS) is 11.6. The second kappa shape index (κ2) is 7.81. The van der Waals surface area contributed by atoms with Crippen LogP contribution in [0.5, 0.6) is 0 Å².